The standard InChI is InChI=1S/C16H18N4O2/c1-19-11-13(10-17-19)15(21)18-14-6-4-5-12(9-14)16(22)20-7-2-3-8-20/h4-6,9-11H,2-3,7-8H2,1H3,(H,18,21). The highest BCUT2D eigenvalue weighted by atomic mass is 16.2. The van der Waals surface area contributed by atoms with E-state index >= 15 is 0 Å². The van der Waals surface area contributed by atoms with E-state index in [0.29, 0.717) is 16.8 Å². The van der Waals surface area contributed by atoms with Gasteiger partial charge in [0, 0.05) is 37.6 Å². The van der Waals surface area contributed by atoms with Crippen molar-refractivity contribution in [2.24, 2.45) is 7.05 Å². The first-order valence-electron chi connectivity index (χ1n) is 7.33. The Morgan fingerprint density at radius 1 is 1.18 bits per heavy atom. The third kappa shape index (κ3) is 3.00. The first-order valence-corrected chi connectivity index (χ1v) is 7.33. The molecule has 1 saturated heterocycles. The zero-order chi connectivity index (χ0) is 15.5. The van der Waals surface area contributed by atoms with Crippen LogP contribution >= 0.6 is 0 Å². The predicted octanol–water partition coefficient (Wildman–Crippen LogP) is 1.91. The van der Waals surface area contributed by atoms with Crippen LogP contribution in [0.15, 0.2) is 36.7 Å². The summed E-state index contributed by atoms with van der Waals surface area (Å²) in [7, 11) is 1.76. The molecular formula is C16H18N4O2. The van der Waals surface area contributed by atoms with Gasteiger partial charge in [-0.15, -0.1) is 0 Å². The largest absolute Gasteiger partial charge is 0.339 e. The van der Waals surface area contributed by atoms with Crippen molar-refractivity contribution in [1.82, 2.24) is 14.7 Å². The molecular weight excluding hydrogens is 280 g/mol. The minimum atomic E-state index is -0.237. The number of aryl methyl sites for hydroxylation is 1. The van der Waals surface area contributed by atoms with Crippen molar-refractivity contribution in [3.05, 3.63) is 47.8 Å². The number of anilines is 1. The third-order valence-electron chi connectivity index (χ3n) is 3.73. The first-order chi connectivity index (χ1) is 10.6. The molecule has 6 nitrogen and oxygen atoms in total. The fraction of sp³-hybridized carbons (Fsp3) is 0.312. The Labute approximate surface area is 128 Å². The van der Waals surface area contributed by atoms with E-state index in [1.807, 2.05) is 4.90 Å². The van der Waals surface area contributed by atoms with E-state index in [-0.39, 0.29) is 11.8 Å². The van der Waals surface area contributed by atoms with Crippen LogP contribution in [-0.4, -0.2) is 39.6 Å². The minimum absolute atomic E-state index is 0.0231. The molecule has 1 N–H and O–H groups in total. The number of benzene rings is 1. The number of carbonyl (C=O) groups is 2. The van der Waals surface area contributed by atoms with Crippen LogP contribution < -0.4 is 5.32 Å². The molecule has 1 aromatic heterocycles. The van der Waals surface area contributed by atoms with Crippen molar-refractivity contribution in [3.63, 3.8) is 0 Å². The van der Waals surface area contributed by atoms with E-state index in [1.54, 1.807) is 42.2 Å². The minimum Gasteiger partial charge on any atom is -0.339 e. The molecule has 0 unspecified atom stereocenters. The van der Waals surface area contributed by atoms with Gasteiger partial charge in [-0.25, -0.2) is 0 Å². The zero-order valence-electron chi connectivity index (χ0n) is 12.5. The summed E-state index contributed by atoms with van der Waals surface area (Å²) in [6.07, 6.45) is 5.27. The van der Waals surface area contributed by atoms with E-state index in [2.05, 4.69) is 10.4 Å². The number of aromatic nitrogens is 2. The maximum absolute atomic E-state index is 12.4. The molecule has 1 fully saturated rings. The summed E-state index contributed by atoms with van der Waals surface area (Å²) >= 11 is 0. The molecule has 1 aliphatic rings. The molecule has 2 aromatic rings. The van der Waals surface area contributed by atoms with Gasteiger partial charge in [-0.1, -0.05) is 6.07 Å². The Bertz CT molecular complexity index is 702. The summed E-state index contributed by atoms with van der Waals surface area (Å²) in [4.78, 5) is 26.3. The summed E-state index contributed by atoms with van der Waals surface area (Å²) in [5.74, 6) is -0.214. The number of likely N-dealkylation sites (tertiary alicyclic amines) is 1. The highest BCUT2D eigenvalue weighted by Gasteiger charge is 2.19. The molecule has 0 atom stereocenters. The summed E-state index contributed by atoms with van der Waals surface area (Å²) in [6, 6.07) is 7.05. The summed E-state index contributed by atoms with van der Waals surface area (Å²) < 4.78 is 1.57. The Hall–Kier alpha value is -2.63. The van der Waals surface area contributed by atoms with Gasteiger partial charge >= 0.3 is 0 Å². The summed E-state index contributed by atoms with van der Waals surface area (Å²) in [5.41, 5.74) is 1.70. The van der Waals surface area contributed by atoms with Crippen molar-refractivity contribution in [2.75, 3.05) is 18.4 Å². The van der Waals surface area contributed by atoms with Gasteiger partial charge in [0.05, 0.1) is 11.8 Å². The van der Waals surface area contributed by atoms with Gasteiger partial charge in [0.2, 0.25) is 0 Å². The number of carbonyl (C=O) groups excluding carboxylic acids is 2. The van der Waals surface area contributed by atoms with Crippen molar-refractivity contribution >= 4 is 17.5 Å². The molecule has 2 heterocycles. The number of nitrogens with one attached hydrogen (secondary N) is 1. The second kappa shape index (κ2) is 6.01. The van der Waals surface area contributed by atoms with E-state index in [1.165, 1.54) is 6.20 Å². The molecule has 0 spiro atoms. The van der Waals surface area contributed by atoms with Gasteiger partial charge in [-0.05, 0) is 31.0 Å². The summed E-state index contributed by atoms with van der Waals surface area (Å²) in [6.45, 7) is 1.62. The lowest BCUT2D eigenvalue weighted by Gasteiger charge is -2.15. The molecule has 0 saturated carbocycles. The highest BCUT2D eigenvalue weighted by Crippen LogP contribution is 2.17. The molecule has 114 valence electrons. The first kappa shape index (κ1) is 14.3. The Balaban J connectivity index is 1.73. The maximum atomic E-state index is 12.4. The number of amides is 2. The van der Waals surface area contributed by atoms with Crippen molar-refractivity contribution in [1.29, 1.82) is 0 Å². The highest BCUT2D eigenvalue weighted by molar-refractivity contribution is 6.04. The molecule has 22 heavy (non-hydrogen) atoms. The van der Waals surface area contributed by atoms with Crippen LogP contribution in [0.4, 0.5) is 5.69 Å². The molecule has 6 heteroatoms. The van der Waals surface area contributed by atoms with Crippen molar-refractivity contribution < 1.29 is 9.59 Å². The van der Waals surface area contributed by atoms with Gasteiger partial charge < -0.3 is 10.2 Å². The average Bonchev–Trinajstić information content (AvgIpc) is 3.18. The fourth-order valence-corrected chi connectivity index (χ4v) is 2.57. The molecule has 2 amide bonds. The topological polar surface area (TPSA) is 67.2 Å². The Kier molecular flexibility index (Phi) is 3.91. The number of nitrogens with zero attached hydrogens (tertiary/aromatic N) is 3. The van der Waals surface area contributed by atoms with Crippen LogP contribution in [0.2, 0.25) is 0 Å². The number of hydrogen-bond donors (Lipinski definition) is 1. The smallest absolute Gasteiger partial charge is 0.258 e. The van der Waals surface area contributed by atoms with E-state index in [4.69, 9.17) is 0 Å². The van der Waals surface area contributed by atoms with E-state index < -0.39 is 0 Å². The van der Waals surface area contributed by atoms with Crippen LogP contribution in [0.25, 0.3) is 0 Å². The van der Waals surface area contributed by atoms with Gasteiger partial charge in [0.1, 0.15) is 0 Å². The number of rotatable bonds is 3. The fourth-order valence-electron chi connectivity index (χ4n) is 2.57. The molecule has 1 aliphatic heterocycles. The van der Waals surface area contributed by atoms with Crippen LogP contribution in [-0.2, 0) is 7.05 Å². The van der Waals surface area contributed by atoms with Gasteiger partial charge in [0.25, 0.3) is 11.8 Å². The zero-order valence-corrected chi connectivity index (χ0v) is 12.5. The van der Waals surface area contributed by atoms with E-state index in [0.717, 1.165) is 25.9 Å². The quantitative estimate of drug-likeness (QED) is 0.941. The molecule has 1 aromatic carbocycles. The van der Waals surface area contributed by atoms with Gasteiger partial charge in [-0.2, -0.15) is 5.10 Å². The second-order valence-electron chi connectivity index (χ2n) is 5.44. The van der Waals surface area contributed by atoms with Crippen LogP contribution in [0.5, 0.6) is 0 Å². The molecule has 0 radical (unpaired) electrons. The lowest BCUT2D eigenvalue weighted by atomic mass is 10.1. The lowest BCUT2D eigenvalue weighted by molar-refractivity contribution is 0.0792. The van der Waals surface area contributed by atoms with Crippen LogP contribution in [0.3, 0.4) is 0 Å². The lowest BCUT2D eigenvalue weighted by Crippen LogP contribution is -2.27. The molecule has 3 rings (SSSR count). The number of hydrogen-bond acceptors (Lipinski definition) is 3. The third-order valence-corrected chi connectivity index (χ3v) is 3.73. The summed E-state index contributed by atoms with van der Waals surface area (Å²) in [5, 5.41) is 6.77. The normalized spacial score (nSPS) is 14.1. The van der Waals surface area contributed by atoms with Crippen LogP contribution in [0.1, 0.15) is 33.6 Å². The predicted molar refractivity (Wildman–Crippen MR) is 82.7 cm³/mol. The van der Waals surface area contributed by atoms with E-state index in [9.17, 15) is 9.59 Å². The van der Waals surface area contributed by atoms with Crippen molar-refractivity contribution in [2.45, 2.75) is 12.8 Å². The van der Waals surface area contributed by atoms with Gasteiger partial charge in [0.15, 0.2) is 0 Å². The SMILES string of the molecule is Cn1cc(C(=O)Nc2cccc(C(=O)N3CCCC3)c2)cn1. The monoisotopic (exact) mass is 298 g/mol. The molecule has 0 aliphatic carbocycles. The molecule has 0 bridgehead atoms. The maximum Gasteiger partial charge on any atom is 0.258 e. The Morgan fingerprint density at radius 3 is 2.64 bits per heavy atom. The van der Waals surface area contributed by atoms with Crippen LogP contribution in [0, 0.1) is 0 Å². The Morgan fingerprint density at radius 2 is 1.95 bits per heavy atom. The van der Waals surface area contributed by atoms with Crippen molar-refractivity contribution in [3.8, 4) is 0 Å². The average molecular weight is 298 g/mol. The second-order valence-corrected chi connectivity index (χ2v) is 5.44. The van der Waals surface area contributed by atoms with Gasteiger partial charge in [-0.3, -0.25) is 14.3 Å².